The quantitative estimate of drug-likeness (QED) is 0.903. The monoisotopic (exact) mass is 298 g/mol. The summed E-state index contributed by atoms with van der Waals surface area (Å²) in [6.45, 7) is 3.93. The number of morpholine rings is 1. The van der Waals surface area contributed by atoms with Gasteiger partial charge in [-0.25, -0.2) is 4.39 Å². The van der Waals surface area contributed by atoms with Crippen molar-refractivity contribution in [3.05, 3.63) is 34.6 Å². The zero-order chi connectivity index (χ0) is 13.9. The molecule has 0 aromatic heterocycles. The first-order chi connectivity index (χ1) is 9.74. The van der Waals surface area contributed by atoms with E-state index in [1.807, 2.05) is 6.07 Å². The van der Waals surface area contributed by atoms with Gasteiger partial charge in [-0.2, -0.15) is 0 Å². The van der Waals surface area contributed by atoms with Crippen LogP contribution in [0.5, 0.6) is 0 Å². The highest BCUT2D eigenvalue weighted by molar-refractivity contribution is 6.31. The first-order valence-electron chi connectivity index (χ1n) is 7.22. The van der Waals surface area contributed by atoms with Gasteiger partial charge in [0.05, 0.1) is 18.2 Å². The van der Waals surface area contributed by atoms with Crippen molar-refractivity contribution in [2.75, 3.05) is 26.3 Å². The first kappa shape index (κ1) is 14.3. The van der Waals surface area contributed by atoms with Gasteiger partial charge in [0.15, 0.2) is 0 Å². The van der Waals surface area contributed by atoms with Crippen molar-refractivity contribution in [2.24, 2.45) is 0 Å². The molecule has 3 rings (SSSR count). The Morgan fingerprint density at radius 3 is 3.05 bits per heavy atom. The predicted octanol–water partition coefficient (Wildman–Crippen LogP) is 2.43. The van der Waals surface area contributed by atoms with Gasteiger partial charge in [0.25, 0.3) is 0 Å². The van der Waals surface area contributed by atoms with E-state index >= 15 is 0 Å². The highest BCUT2D eigenvalue weighted by Crippen LogP contribution is 2.23. The van der Waals surface area contributed by atoms with Crippen molar-refractivity contribution >= 4 is 11.6 Å². The van der Waals surface area contributed by atoms with Gasteiger partial charge < -0.3 is 10.1 Å². The van der Waals surface area contributed by atoms with Crippen LogP contribution in [0.3, 0.4) is 0 Å². The summed E-state index contributed by atoms with van der Waals surface area (Å²) >= 11 is 6.05. The second kappa shape index (κ2) is 6.39. The van der Waals surface area contributed by atoms with Crippen LogP contribution in [0.4, 0.5) is 4.39 Å². The van der Waals surface area contributed by atoms with E-state index in [0.717, 1.165) is 31.9 Å². The molecule has 0 spiro atoms. The van der Waals surface area contributed by atoms with Gasteiger partial charge in [0.2, 0.25) is 0 Å². The smallest absolute Gasteiger partial charge is 0.142 e. The minimum absolute atomic E-state index is 0.243. The topological polar surface area (TPSA) is 24.5 Å². The second-order valence-corrected chi connectivity index (χ2v) is 5.97. The lowest BCUT2D eigenvalue weighted by molar-refractivity contribution is -0.0110. The van der Waals surface area contributed by atoms with Crippen molar-refractivity contribution in [3.63, 3.8) is 0 Å². The summed E-state index contributed by atoms with van der Waals surface area (Å²) in [4.78, 5) is 2.33. The van der Waals surface area contributed by atoms with Gasteiger partial charge in [-0.05, 0) is 24.5 Å². The molecule has 1 heterocycles. The molecule has 2 aliphatic rings. The molecule has 20 heavy (non-hydrogen) atoms. The molecule has 3 nitrogen and oxygen atoms in total. The largest absolute Gasteiger partial charge is 0.378 e. The molecule has 1 atom stereocenters. The molecule has 1 aliphatic carbocycles. The lowest BCUT2D eigenvalue weighted by atomic mass is 10.1. The van der Waals surface area contributed by atoms with Crippen LogP contribution < -0.4 is 5.32 Å². The molecule has 1 saturated heterocycles. The molecule has 1 N–H and O–H groups in total. The van der Waals surface area contributed by atoms with E-state index in [9.17, 15) is 4.39 Å². The Labute approximate surface area is 124 Å². The Balaban J connectivity index is 1.64. The van der Waals surface area contributed by atoms with Gasteiger partial charge in [0.1, 0.15) is 5.82 Å². The summed E-state index contributed by atoms with van der Waals surface area (Å²) < 4.78 is 19.1. The van der Waals surface area contributed by atoms with Crippen LogP contribution >= 0.6 is 11.6 Å². The number of ether oxygens (including phenoxy) is 1. The third kappa shape index (κ3) is 3.50. The Bertz CT molecular complexity index is 467. The molecule has 1 aromatic carbocycles. The second-order valence-electron chi connectivity index (χ2n) is 5.59. The maximum atomic E-state index is 13.5. The van der Waals surface area contributed by atoms with Gasteiger partial charge >= 0.3 is 0 Å². The van der Waals surface area contributed by atoms with Crippen LogP contribution in [0.2, 0.25) is 5.02 Å². The predicted molar refractivity (Wildman–Crippen MR) is 77.5 cm³/mol. The summed E-state index contributed by atoms with van der Waals surface area (Å²) in [7, 11) is 0. The Morgan fingerprint density at radius 1 is 1.40 bits per heavy atom. The molecule has 1 saturated carbocycles. The van der Waals surface area contributed by atoms with Gasteiger partial charge in [-0.15, -0.1) is 0 Å². The van der Waals surface area contributed by atoms with Crippen molar-refractivity contribution in [1.82, 2.24) is 10.2 Å². The lowest BCUT2D eigenvalue weighted by Gasteiger charge is -2.36. The van der Waals surface area contributed by atoms with Crippen molar-refractivity contribution in [1.29, 1.82) is 0 Å². The number of hydrogen-bond donors (Lipinski definition) is 1. The average molecular weight is 299 g/mol. The van der Waals surface area contributed by atoms with Crippen LogP contribution in [-0.2, 0) is 11.3 Å². The van der Waals surface area contributed by atoms with Crippen LogP contribution in [0.25, 0.3) is 0 Å². The van der Waals surface area contributed by atoms with E-state index in [2.05, 4.69) is 10.2 Å². The normalized spacial score (nSPS) is 24.0. The number of hydrogen-bond acceptors (Lipinski definition) is 3. The highest BCUT2D eigenvalue weighted by atomic mass is 35.5. The standard InChI is InChI=1S/C15H20ClFN2O/c16-15-11(2-1-3-14(15)17)9-19-6-7-20-10-13(19)8-18-12-4-5-12/h1-3,12-13,18H,4-10H2. The summed E-state index contributed by atoms with van der Waals surface area (Å²) in [5.74, 6) is -0.343. The Morgan fingerprint density at radius 2 is 2.25 bits per heavy atom. The van der Waals surface area contributed by atoms with Crippen LogP contribution in [0.15, 0.2) is 18.2 Å². The number of nitrogens with zero attached hydrogens (tertiary/aromatic N) is 1. The van der Waals surface area contributed by atoms with Crippen molar-refractivity contribution in [2.45, 2.75) is 31.5 Å². The molecule has 110 valence electrons. The first-order valence-corrected chi connectivity index (χ1v) is 7.60. The van der Waals surface area contributed by atoms with E-state index in [1.54, 1.807) is 6.07 Å². The fraction of sp³-hybridized carbons (Fsp3) is 0.600. The maximum absolute atomic E-state index is 13.5. The highest BCUT2D eigenvalue weighted by Gasteiger charge is 2.27. The average Bonchev–Trinajstić information content (AvgIpc) is 3.27. The molecular formula is C15H20ClFN2O. The summed E-state index contributed by atoms with van der Waals surface area (Å²) in [5.41, 5.74) is 0.852. The van der Waals surface area contributed by atoms with Crippen LogP contribution in [0.1, 0.15) is 18.4 Å². The third-order valence-corrected chi connectivity index (χ3v) is 4.40. The van der Waals surface area contributed by atoms with E-state index < -0.39 is 0 Å². The Kier molecular flexibility index (Phi) is 4.56. The zero-order valence-electron chi connectivity index (χ0n) is 11.4. The van der Waals surface area contributed by atoms with E-state index in [0.29, 0.717) is 18.6 Å². The minimum atomic E-state index is -0.343. The van der Waals surface area contributed by atoms with E-state index in [-0.39, 0.29) is 10.8 Å². The molecule has 0 radical (unpaired) electrons. The number of halogens is 2. The number of nitrogens with one attached hydrogen (secondary N) is 1. The Hall–Kier alpha value is -0.680. The van der Waals surface area contributed by atoms with Crippen molar-refractivity contribution in [3.8, 4) is 0 Å². The summed E-state index contributed by atoms with van der Waals surface area (Å²) in [6, 6.07) is 6.04. The summed E-state index contributed by atoms with van der Waals surface area (Å²) in [6.07, 6.45) is 2.56. The van der Waals surface area contributed by atoms with Crippen LogP contribution in [-0.4, -0.2) is 43.3 Å². The molecule has 0 amide bonds. The molecule has 1 aliphatic heterocycles. The van der Waals surface area contributed by atoms with Gasteiger partial charge in [-0.3, -0.25) is 4.90 Å². The zero-order valence-corrected chi connectivity index (χ0v) is 12.2. The molecule has 1 unspecified atom stereocenters. The number of benzene rings is 1. The van der Waals surface area contributed by atoms with Crippen molar-refractivity contribution < 1.29 is 9.13 Å². The molecule has 0 bridgehead atoms. The minimum Gasteiger partial charge on any atom is -0.378 e. The van der Waals surface area contributed by atoms with E-state index in [4.69, 9.17) is 16.3 Å². The fourth-order valence-electron chi connectivity index (χ4n) is 2.56. The summed E-state index contributed by atoms with van der Waals surface area (Å²) in [5, 5.41) is 3.78. The van der Waals surface area contributed by atoms with E-state index in [1.165, 1.54) is 18.9 Å². The fourth-order valence-corrected chi connectivity index (χ4v) is 2.75. The van der Waals surface area contributed by atoms with Gasteiger partial charge in [-0.1, -0.05) is 23.7 Å². The molecule has 5 heteroatoms. The SMILES string of the molecule is Fc1cccc(CN2CCOCC2CNC2CC2)c1Cl. The third-order valence-electron chi connectivity index (χ3n) is 3.97. The molecule has 1 aromatic rings. The molecule has 2 fully saturated rings. The number of rotatable bonds is 5. The lowest BCUT2D eigenvalue weighted by Crippen LogP contribution is -2.50. The molecular weight excluding hydrogens is 279 g/mol. The van der Waals surface area contributed by atoms with Crippen LogP contribution in [0, 0.1) is 5.82 Å². The van der Waals surface area contributed by atoms with Gasteiger partial charge in [0, 0.05) is 31.7 Å². The maximum Gasteiger partial charge on any atom is 0.142 e.